The van der Waals surface area contributed by atoms with E-state index in [0.717, 1.165) is 51.1 Å². The Kier molecular flexibility index (Phi) is 5.41. The highest BCUT2D eigenvalue weighted by molar-refractivity contribution is 5.78. The zero-order valence-corrected chi connectivity index (χ0v) is 15.3. The third kappa shape index (κ3) is 3.86. The quantitative estimate of drug-likeness (QED) is 0.870. The monoisotopic (exact) mass is 347 g/mol. The van der Waals surface area contributed by atoms with E-state index in [1.807, 2.05) is 30.2 Å². The summed E-state index contributed by atoms with van der Waals surface area (Å²) in [6.07, 6.45) is 4.80. The summed E-state index contributed by atoms with van der Waals surface area (Å²) in [7, 11) is 1.54. The van der Waals surface area contributed by atoms with Gasteiger partial charge in [0.25, 0.3) is 0 Å². The molecule has 0 unspecified atom stereocenters. The summed E-state index contributed by atoms with van der Waals surface area (Å²) in [6.45, 7) is 5.69. The zero-order valence-electron chi connectivity index (χ0n) is 15.3. The van der Waals surface area contributed by atoms with Crippen LogP contribution in [-0.2, 0) is 16.1 Å². The van der Waals surface area contributed by atoms with E-state index in [2.05, 4.69) is 16.0 Å². The number of methoxy groups -OCH3 is 1. The smallest absolute Gasteiger partial charge is 0.249 e. The molecule has 2 saturated heterocycles. The fraction of sp³-hybridized carbons (Fsp3) is 0.684. The van der Waals surface area contributed by atoms with Crippen LogP contribution in [0.2, 0.25) is 0 Å². The van der Waals surface area contributed by atoms with Crippen LogP contribution >= 0.6 is 0 Å². The lowest BCUT2D eigenvalue weighted by atomic mass is 9.74. The van der Waals surface area contributed by atoms with Crippen LogP contribution in [0.15, 0.2) is 24.4 Å². The van der Waals surface area contributed by atoms with Gasteiger partial charge < -0.3 is 14.7 Å². The van der Waals surface area contributed by atoms with Gasteiger partial charge in [-0.3, -0.25) is 14.7 Å². The minimum Gasteiger partial charge on any atom is -0.394 e. The SMILES string of the molecule is COCC(=O)N1CC2(CCN(Cc3ccccn3)CC2)C[C@]1(C)CO. The molecule has 3 heterocycles. The molecule has 0 aromatic carbocycles. The van der Waals surface area contributed by atoms with Crippen molar-refractivity contribution in [2.45, 2.75) is 38.3 Å². The molecule has 0 aliphatic carbocycles. The lowest BCUT2D eigenvalue weighted by Gasteiger charge is -2.39. The second kappa shape index (κ2) is 7.40. The summed E-state index contributed by atoms with van der Waals surface area (Å²) < 4.78 is 5.03. The Bertz CT molecular complexity index is 587. The molecule has 1 atom stereocenters. The number of aliphatic hydroxyl groups is 1. The number of nitrogens with zero attached hydrogens (tertiary/aromatic N) is 3. The number of hydrogen-bond donors (Lipinski definition) is 1. The number of ether oxygens (including phenoxy) is 1. The topological polar surface area (TPSA) is 65.9 Å². The van der Waals surface area contributed by atoms with Gasteiger partial charge in [0.1, 0.15) is 6.61 Å². The van der Waals surface area contributed by atoms with Gasteiger partial charge >= 0.3 is 0 Å². The van der Waals surface area contributed by atoms with Crippen molar-refractivity contribution < 1.29 is 14.6 Å². The molecule has 138 valence electrons. The maximum absolute atomic E-state index is 12.4. The molecule has 1 aromatic rings. The Hall–Kier alpha value is -1.50. The van der Waals surface area contributed by atoms with Gasteiger partial charge in [0.15, 0.2) is 0 Å². The first-order valence-corrected chi connectivity index (χ1v) is 9.03. The standard InChI is InChI=1S/C19H29N3O3/c1-18(15-23)13-19(14-22(18)17(24)12-25-2)6-9-21(10-7-19)11-16-5-3-4-8-20-16/h3-5,8,23H,6-7,9-15H2,1-2H3/t18-/m1/s1. The van der Waals surface area contributed by atoms with Crippen LogP contribution in [0.1, 0.15) is 31.9 Å². The second-order valence-electron chi connectivity index (χ2n) is 7.84. The van der Waals surface area contributed by atoms with Crippen LogP contribution in [0.3, 0.4) is 0 Å². The number of aromatic nitrogens is 1. The first kappa shape index (κ1) is 18.3. The van der Waals surface area contributed by atoms with Crippen molar-refractivity contribution in [1.82, 2.24) is 14.8 Å². The van der Waals surface area contributed by atoms with Crippen molar-refractivity contribution in [1.29, 1.82) is 0 Å². The van der Waals surface area contributed by atoms with E-state index in [-0.39, 0.29) is 24.5 Å². The number of likely N-dealkylation sites (tertiary alicyclic amines) is 2. The Balaban J connectivity index is 1.63. The molecule has 2 fully saturated rings. The fourth-order valence-corrected chi connectivity index (χ4v) is 4.46. The molecule has 6 heteroatoms. The molecule has 1 spiro atoms. The molecule has 0 bridgehead atoms. The Morgan fingerprint density at radius 2 is 2.12 bits per heavy atom. The highest BCUT2D eigenvalue weighted by Crippen LogP contribution is 2.48. The molecule has 2 aliphatic heterocycles. The molecule has 0 radical (unpaired) electrons. The fourth-order valence-electron chi connectivity index (χ4n) is 4.46. The number of pyridine rings is 1. The number of piperidine rings is 1. The van der Waals surface area contributed by atoms with Crippen LogP contribution in [0, 0.1) is 5.41 Å². The number of amides is 1. The van der Waals surface area contributed by atoms with Gasteiger partial charge in [-0.05, 0) is 56.8 Å². The molecule has 6 nitrogen and oxygen atoms in total. The summed E-state index contributed by atoms with van der Waals surface area (Å²) >= 11 is 0. The third-order valence-electron chi connectivity index (χ3n) is 5.84. The van der Waals surface area contributed by atoms with E-state index >= 15 is 0 Å². The molecule has 1 amide bonds. The van der Waals surface area contributed by atoms with Gasteiger partial charge in [0, 0.05) is 26.4 Å². The number of hydrogen-bond acceptors (Lipinski definition) is 5. The highest BCUT2D eigenvalue weighted by Gasteiger charge is 2.52. The molecule has 25 heavy (non-hydrogen) atoms. The van der Waals surface area contributed by atoms with Gasteiger partial charge in [0.05, 0.1) is 17.8 Å². The zero-order chi connectivity index (χ0) is 17.9. The molecule has 1 aromatic heterocycles. The van der Waals surface area contributed by atoms with Crippen LogP contribution in [-0.4, -0.2) is 71.3 Å². The van der Waals surface area contributed by atoms with Crippen molar-refractivity contribution in [3.8, 4) is 0 Å². The molecular formula is C19H29N3O3. The van der Waals surface area contributed by atoms with E-state index in [4.69, 9.17) is 4.74 Å². The molecular weight excluding hydrogens is 318 g/mol. The van der Waals surface area contributed by atoms with Crippen molar-refractivity contribution in [3.05, 3.63) is 30.1 Å². The number of rotatable bonds is 5. The predicted molar refractivity (Wildman–Crippen MR) is 94.9 cm³/mol. The number of carbonyl (C=O) groups is 1. The summed E-state index contributed by atoms with van der Waals surface area (Å²) in [5.74, 6) is -0.0214. The Morgan fingerprint density at radius 1 is 1.36 bits per heavy atom. The minimum atomic E-state index is -0.473. The summed E-state index contributed by atoms with van der Waals surface area (Å²) in [5.41, 5.74) is 0.738. The van der Waals surface area contributed by atoms with Gasteiger partial charge in [0.2, 0.25) is 5.91 Å². The van der Waals surface area contributed by atoms with Crippen LogP contribution in [0.4, 0.5) is 0 Å². The Labute approximate surface area is 149 Å². The van der Waals surface area contributed by atoms with Gasteiger partial charge in [-0.25, -0.2) is 0 Å². The molecule has 3 rings (SSSR count). The summed E-state index contributed by atoms with van der Waals surface area (Å²) in [4.78, 5) is 21.1. The molecule has 1 N–H and O–H groups in total. The van der Waals surface area contributed by atoms with E-state index in [9.17, 15) is 9.90 Å². The third-order valence-corrected chi connectivity index (χ3v) is 5.84. The van der Waals surface area contributed by atoms with Gasteiger partial charge in [-0.1, -0.05) is 6.07 Å². The first-order chi connectivity index (χ1) is 12.0. The molecule has 0 saturated carbocycles. The highest BCUT2D eigenvalue weighted by atomic mass is 16.5. The lowest BCUT2D eigenvalue weighted by Crippen LogP contribution is -2.49. The predicted octanol–water partition coefficient (Wildman–Crippen LogP) is 1.29. The van der Waals surface area contributed by atoms with Crippen molar-refractivity contribution in [2.24, 2.45) is 5.41 Å². The van der Waals surface area contributed by atoms with E-state index in [1.54, 1.807) is 0 Å². The van der Waals surface area contributed by atoms with E-state index in [0.29, 0.717) is 0 Å². The average molecular weight is 347 g/mol. The minimum absolute atomic E-state index is 0.00184. The normalized spacial score (nSPS) is 26.3. The number of carbonyl (C=O) groups excluding carboxylic acids is 1. The van der Waals surface area contributed by atoms with Crippen molar-refractivity contribution in [3.63, 3.8) is 0 Å². The van der Waals surface area contributed by atoms with E-state index < -0.39 is 5.54 Å². The number of aliphatic hydroxyl groups excluding tert-OH is 1. The van der Waals surface area contributed by atoms with Gasteiger partial charge in [-0.15, -0.1) is 0 Å². The maximum atomic E-state index is 12.4. The largest absolute Gasteiger partial charge is 0.394 e. The lowest BCUT2D eigenvalue weighted by molar-refractivity contribution is -0.140. The van der Waals surface area contributed by atoms with Crippen LogP contribution in [0.25, 0.3) is 0 Å². The first-order valence-electron chi connectivity index (χ1n) is 9.03. The van der Waals surface area contributed by atoms with Crippen molar-refractivity contribution in [2.75, 3.05) is 40.0 Å². The molecule has 2 aliphatic rings. The average Bonchev–Trinajstić information content (AvgIpc) is 2.92. The van der Waals surface area contributed by atoms with Gasteiger partial charge in [-0.2, -0.15) is 0 Å². The Morgan fingerprint density at radius 3 is 2.72 bits per heavy atom. The second-order valence-corrected chi connectivity index (χ2v) is 7.84. The summed E-state index contributed by atoms with van der Waals surface area (Å²) in [6, 6.07) is 6.03. The van der Waals surface area contributed by atoms with Crippen molar-refractivity contribution >= 4 is 5.91 Å². The van der Waals surface area contributed by atoms with Crippen LogP contribution < -0.4 is 0 Å². The van der Waals surface area contributed by atoms with Crippen LogP contribution in [0.5, 0.6) is 0 Å². The summed E-state index contributed by atoms with van der Waals surface area (Å²) in [5, 5.41) is 9.92. The van der Waals surface area contributed by atoms with E-state index in [1.165, 1.54) is 7.11 Å². The maximum Gasteiger partial charge on any atom is 0.249 e.